The van der Waals surface area contributed by atoms with Crippen molar-refractivity contribution in [3.8, 4) is 0 Å². The summed E-state index contributed by atoms with van der Waals surface area (Å²) in [6, 6.07) is 25.6. The van der Waals surface area contributed by atoms with E-state index in [0.717, 1.165) is 29.7 Å². The van der Waals surface area contributed by atoms with Crippen LogP contribution in [0, 0.1) is 0 Å². The molecule has 0 bridgehead atoms. The second-order valence-electron chi connectivity index (χ2n) is 10.2. The summed E-state index contributed by atoms with van der Waals surface area (Å²) in [4.78, 5) is 27.5. The van der Waals surface area contributed by atoms with Gasteiger partial charge in [0.05, 0.1) is 0 Å². The fraction of sp³-hybridized carbons (Fsp3) is 0.333. The van der Waals surface area contributed by atoms with Gasteiger partial charge in [-0.2, -0.15) is 0 Å². The predicted molar refractivity (Wildman–Crippen MR) is 162 cm³/mol. The number of urea groups is 1. The van der Waals surface area contributed by atoms with Crippen molar-refractivity contribution < 1.29 is 9.59 Å². The molecule has 0 spiro atoms. The van der Waals surface area contributed by atoms with Crippen molar-refractivity contribution in [3.63, 3.8) is 0 Å². The standard InChI is InChI=1S/C33H40N4O2/c34-23-7-8-24-37(25-32(38)35-30-21-17-29(18-22-30)28-11-5-2-6-12-28)33(39)36-31-19-15-27(16-20-31)14-13-26-9-3-1-4-10-26/h1,3-4,9-10,13-22,28H,2,5-8,11-12,23-25,34H2,(H,35,38)(H,36,39)/b14-13+. The van der Waals surface area contributed by atoms with Crippen LogP contribution in [0.1, 0.15) is 67.6 Å². The number of amides is 3. The van der Waals surface area contributed by atoms with Gasteiger partial charge in [0.2, 0.25) is 5.91 Å². The summed E-state index contributed by atoms with van der Waals surface area (Å²) in [5.74, 6) is 0.406. The first-order valence-corrected chi connectivity index (χ1v) is 14.1. The third kappa shape index (κ3) is 9.11. The Hall–Kier alpha value is -3.90. The van der Waals surface area contributed by atoms with Crippen molar-refractivity contribution in [2.24, 2.45) is 5.73 Å². The van der Waals surface area contributed by atoms with Gasteiger partial charge in [0.1, 0.15) is 6.54 Å². The summed E-state index contributed by atoms with van der Waals surface area (Å²) in [7, 11) is 0. The minimum Gasteiger partial charge on any atom is -0.330 e. The number of hydrogen-bond acceptors (Lipinski definition) is 3. The minimum atomic E-state index is -0.303. The van der Waals surface area contributed by atoms with E-state index in [9.17, 15) is 9.59 Å². The lowest BCUT2D eigenvalue weighted by Gasteiger charge is -2.23. The molecule has 6 nitrogen and oxygen atoms in total. The van der Waals surface area contributed by atoms with Gasteiger partial charge in [-0.1, -0.05) is 86.0 Å². The summed E-state index contributed by atoms with van der Waals surface area (Å²) in [6.07, 6.45) is 12.0. The van der Waals surface area contributed by atoms with E-state index in [4.69, 9.17) is 5.73 Å². The Kier molecular flexibility index (Phi) is 10.7. The van der Waals surface area contributed by atoms with Crippen LogP contribution in [-0.2, 0) is 4.79 Å². The molecule has 39 heavy (non-hydrogen) atoms. The molecule has 1 fully saturated rings. The molecule has 3 aromatic carbocycles. The average molecular weight is 525 g/mol. The Morgan fingerprint density at radius 2 is 1.38 bits per heavy atom. The Labute approximate surface area is 232 Å². The number of unbranched alkanes of at least 4 members (excludes halogenated alkanes) is 1. The molecular weight excluding hydrogens is 484 g/mol. The maximum atomic E-state index is 13.1. The molecule has 0 heterocycles. The molecule has 1 aliphatic rings. The third-order valence-corrected chi connectivity index (χ3v) is 7.20. The lowest BCUT2D eigenvalue weighted by Crippen LogP contribution is -2.41. The third-order valence-electron chi connectivity index (χ3n) is 7.20. The Morgan fingerprint density at radius 1 is 0.769 bits per heavy atom. The van der Waals surface area contributed by atoms with Crippen LogP contribution in [0.25, 0.3) is 12.2 Å². The molecule has 3 aromatic rings. The molecule has 4 rings (SSSR count). The lowest BCUT2D eigenvalue weighted by atomic mass is 9.84. The van der Waals surface area contributed by atoms with Crippen molar-refractivity contribution in [3.05, 3.63) is 95.6 Å². The van der Waals surface area contributed by atoms with Gasteiger partial charge in [0, 0.05) is 17.9 Å². The number of benzene rings is 3. The second-order valence-corrected chi connectivity index (χ2v) is 10.2. The molecule has 1 aliphatic carbocycles. The van der Waals surface area contributed by atoms with Crippen LogP contribution in [-0.4, -0.2) is 36.5 Å². The van der Waals surface area contributed by atoms with Gasteiger partial charge in [-0.25, -0.2) is 4.79 Å². The SMILES string of the molecule is NCCCCN(CC(=O)Nc1ccc(C2CCCCC2)cc1)C(=O)Nc1ccc(/C=C/c2ccccc2)cc1. The van der Waals surface area contributed by atoms with Crippen molar-refractivity contribution in [2.45, 2.75) is 50.9 Å². The van der Waals surface area contributed by atoms with Gasteiger partial charge in [-0.15, -0.1) is 0 Å². The minimum absolute atomic E-state index is 0.0291. The largest absolute Gasteiger partial charge is 0.330 e. The highest BCUT2D eigenvalue weighted by atomic mass is 16.2. The molecule has 0 aromatic heterocycles. The summed E-state index contributed by atoms with van der Waals surface area (Å²) in [6.45, 7) is 0.973. The van der Waals surface area contributed by atoms with Crippen molar-refractivity contribution in [1.82, 2.24) is 4.90 Å². The first-order chi connectivity index (χ1) is 19.1. The maximum absolute atomic E-state index is 13.1. The summed E-state index contributed by atoms with van der Waals surface area (Å²) >= 11 is 0. The quantitative estimate of drug-likeness (QED) is 0.184. The molecule has 204 valence electrons. The molecule has 0 radical (unpaired) electrons. The van der Waals surface area contributed by atoms with Gasteiger partial charge in [-0.05, 0) is 79.1 Å². The zero-order chi connectivity index (χ0) is 27.3. The number of anilines is 2. The van der Waals surface area contributed by atoms with E-state index in [1.54, 1.807) is 4.90 Å². The monoisotopic (exact) mass is 524 g/mol. The van der Waals surface area contributed by atoms with E-state index in [0.29, 0.717) is 24.7 Å². The van der Waals surface area contributed by atoms with Gasteiger partial charge in [0.25, 0.3) is 0 Å². The zero-order valence-electron chi connectivity index (χ0n) is 22.6. The van der Waals surface area contributed by atoms with E-state index in [1.807, 2.05) is 72.8 Å². The first kappa shape index (κ1) is 28.1. The average Bonchev–Trinajstić information content (AvgIpc) is 2.98. The predicted octanol–water partition coefficient (Wildman–Crippen LogP) is 7.12. The molecule has 1 saturated carbocycles. The Morgan fingerprint density at radius 3 is 2.05 bits per heavy atom. The topological polar surface area (TPSA) is 87.5 Å². The van der Waals surface area contributed by atoms with Gasteiger partial charge < -0.3 is 21.3 Å². The molecule has 4 N–H and O–H groups in total. The van der Waals surface area contributed by atoms with E-state index < -0.39 is 0 Å². The van der Waals surface area contributed by atoms with Gasteiger partial charge in [0.15, 0.2) is 0 Å². The number of nitrogens with zero attached hydrogens (tertiary/aromatic N) is 1. The smallest absolute Gasteiger partial charge is 0.322 e. The highest BCUT2D eigenvalue weighted by molar-refractivity contribution is 5.97. The number of rotatable bonds is 11. The number of nitrogens with two attached hydrogens (primary N) is 1. The molecular formula is C33H40N4O2. The number of hydrogen-bond donors (Lipinski definition) is 3. The number of nitrogens with one attached hydrogen (secondary N) is 2. The molecule has 0 unspecified atom stereocenters. The van der Waals surface area contributed by atoms with E-state index in [1.165, 1.54) is 37.7 Å². The van der Waals surface area contributed by atoms with Crippen molar-refractivity contribution >= 4 is 35.5 Å². The van der Waals surface area contributed by atoms with Crippen LogP contribution in [0.15, 0.2) is 78.9 Å². The van der Waals surface area contributed by atoms with Crippen LogP contribution in [0.3, 0.4) is 0 Å². The number of carbonyl (C=O) groups excluding carboxylic acids is 2. The molecule has 0 saturated heterocycles. The van der Waals surface area contributed by atoms with Crippen LogP contribution < -0.4 is 16.4 Å². The summed E-state index contributed by atoms with van der Waals surface area (Å²) < 4.78 is 0. The van der Waals surface area contributed by atoms with Crippen molar-refractivity contribution in [1.29, 1.82) is 0 Å². The zero-order valence-corrected chi connectivity index (χ0v) is 22.6. The molecule has 0 aliphatic heterocycles. The van der Waals surface area contributed by atoms with Crippen LogP contribution >= 0.6 is 0 Å². The van der Waals surface area contributed by atoms with E-state index >= 15 is 0 Å². The van der Waals surface area contributed by atoms with Crippen molar-refractivity contribution in [2.75, 3.05) is 30.3 Å². The number of carbonyl (C=O) groups is 2. The van der Waals surface area contributed by atoms with Gasteiger partial charge in [-0.3, -0.25) is 4.79 Å². The highest BCUT2D eigenvalue weighted by Crippen LogP contribution is 2.33. The van der Waals surface area contributed by atoms with E-state index in [2.05, 4.69) is 28.8 Å². The Balaban J connectivity index is 1.32. The molecule has 0 atom stereocenters. The fourth-order valence-electron chi connectivity index (χ4n) is 4.98. The lowest BCUT2D eigenvalue weighted by molar-refractivity contribution is -0.116. The normalized spacial score (nSPS) is 13.8. The second kappa shape index (κ2) is 14.9. The molecule has 6 heteroatoms. The summed E-state index contributed by atoms with van der Waals surface area (Å²) in [5.41, 5.74) is 10.6. The van der Waals surface area contributed by atoms with E-state index in [-0.39, 0.29) is 18.5 Å². The van der Waals surface area contributed by atoms with Crippen LogP contribution in [0.5, 0.6) is 0 Å². The Bertz CT molecular complexity index is 1200. The fourth-order valence-corrected chi connectivity index (χ4v) is 4.98. The van der Waals surface area contributed by atoms with Crippen LogP contribution in [0.2, 0.25) is 0 Å². The van der Waals surface area contributed by atoms with Gasteiger partial charge >= 0.3 is 6.03 Å². The van der Waals surface area contributed by atoms with Crippen LogP contribution in [0.4, 0.5) is 16.2 Å². The summed E-state index contributed by atoms with van der Waals surface area (Å²) in [5, 5.41) is 5.89. The molecule has 3 amide bonds. The first-order valence-electron chi connectivity index (χ1n) is 14.1. The maximum Gasteiger partial charge on any atom is 0.322 e. The highest BCUT2D eigenvalue weighted by Gasteiger charge is 2.18.